The minimum Gasteiger partial charge on any atom is -0.489 e. The number of aliphatic imine (C=N–C) groups is 1. The van der Waals surface area contributed by atoms with Gasteiger partial charge < -0.3 is 15.2 Å². The summed E-state index contributed by atoms with van der Waals surface area (Å²) in [7, 11) is 0. The van der Waals surface area contributed by atoms with Crippen LogP contribution in [0, 0.1) is 0 Å². The third-order valence-corrected chi connectivity index (χ3v) is 9.21. The average molecular weight is 738 g/mol. The first-order valence-electron chi connectivity index (χ1n) is 17.1. The van der Waals surface area contributed by atoms with E-state index in [1.165, 1.54) is 23.1 Å². The predicted octanol–water partition coefficient (Wildman–Crippen LogP) is 8.09. The lowest BCUT2D eigenvalue weighted by molar-refractivity contribution is -0.126. The Morgan fingerprint density at radius 2 is 1.61 bits per heavy atom. The number of hydrogen-bond donors (Lipinski definition) is 2. The van der Waals surface area contributed by atoms with Gasteiger partial charge in [0.15, 0.2) is 5.17 Å². The molecular formula is C44H39N3O6S. The molecule has 2 N–H and O–H groups in total. The van der Waals surface area contributed by atoms with Crippen molar-refractivity contribution in [3.8, 4) is 5.75 Å². The maximum atomic E-state index is 14.2. The molecule has 0 radical (unpaired) electrons. The van der Waals surface area contributed by atoms with Crippen LogP contribution in [0.1, 0.15) is 51.1 Å². The summed E-state index contributed by atoms with van der Waals surface area (Å²) in [5.74, 6) is -2.17. The molecule has 4 aromatic carbocycles. The van der Waals surface area contributed by atoms with Crippen LogP contribution in [0.3, 0.4) is 0 Å². The molecule has 1 heterocycles. The summed E-state index contributed by atoms with van der Waals surface area (Å²) in [6.07, 6.45) is 10.3. The molecule has 0 spiro atoms. The van der Waals surface area contributed by atoms with Crippen molar-refractivity contribution in [1.82, 2.24) is 10.2 Å². The van der Waals surface area contributed by atoms with Gasteiger partial charge in [-0.3, -0.25) is 19.3 Å². The molecule has 0 bridgehead atoms. The molecule has 5 rings (SSSR count). The predicted molar refractivity (Wildman–Crippen MR) is 214 cm³/mol. The van der Waals surface area contributed by atoms with Crippen LogP contribution in [-0.2, 0) is 27.4 Å². The maximum Gasteiger partial charge on any atom is 0.335 e. The quantitative estimate of drug-likeness (QED) is 0.0547. The fourth-order valence-electron chi connectivity index (χ4n) is 5.61. The van der Waals surface area contributed by atoms with Gasteiger partial charge in [-0.25, -0.2) is 4.79 Å². The summed E-state index contributed by atoms with van der Waals surface area (Å²) in [4.78, 5) is 58.0. The molecule has 1 aliphatic heterocycles. The van der Waals surface area contributed by atoms with Crippen LogP contribution in [0.5, 0.6) is 5.75 Å². The molecule has 0 unspecified atom stereocenters. The van der Waals surface area contributed by atoms with Crippen LogP contribution >= 0.6 is 11.8 Å². The number of carbonyl (C=O) groups excluding carboxylic acids is 3. The molecule has 0 fully saturated rings. The number of benzene rings is 4. The molecule has 0 saturated heterocycles. The summed E-state index contributed by atoms with van der Waals surface area (Å²) in [6, 6.07) is 30.5. The normalized spacial score (nSPS) is 14.0. The Morgan fingerprint density at radius 3 is 2.20 bits per heavy atom. The van der Waals surface area contributed by atoms with Gasteiger partial charge in [0.25, 0.3) is 11.8 Å². The smallest absolute Gasteiger partial charge is 0.335 e. The lowest BCUT2D eigenvalue weighted by Crippen LogP contribution is -2.42. The molecule has 272 valence electrons. The Morgan fingerprint density at radius 1 is 0.944 bits per heavy atom. The van der Waals surface area contributed by atoms with E-state index in [9.17, 15) is 24.3 Å². The van der Waals surface area contributed by atoms with Gasteiger partial charge in [-0.15, -0.1) is 6.58 Å². The number of ether oxygens (including phenoxy) is 1. The van der Waals surface area contributed by atoms with Crippen molar-refractivity contribution in [2.45, 2.75) is 26.0 Å². The minimum absolute atomic E-state index is 0.0718. The second-order valence-electron chi connectivity index (χ2n) is 12.0. The topological polar surface area (TPSA) is 125 Å². The summed E-state index contributed by atoms with van der Waals surface area (Å²) in [6.45, 7) is 9.54. The van der Waals surface area contributed by atoms with Crippen molar-refractivity contribution in [1.29, 1.82) is 0 Å². The number of nitrogens with zero attached hydrogens (tertiary/aromatic N) is 2. The lowest BCUT2D eigenvalue weighted by atomic mass is 9.99. The van der Waals surface area contributed by atoms with E-state index >= 15 is 0 Å². The number of hydrogen-bond acceptors (Lipinski definition) is 6. The third-order valence-electron chi connectivity index (χ3n) is 8.27. The van der Waals surface area contributed by atoms with Gasteiger partial charge in [0, 0.05) is 5.70 Å². The van der Waals surface area contributed by atoms with Crippen molar-refractivity contribution in [2.24, 2.45) is 4.99 Å². The van der Waals surface area contributed by atoms with E-state index in [0.29, 0.717) is 23.4 Å². The molecule has 1 aliphatic rings. The fraction of sp³-hybridized carbons (Fsp3) is 0.114. The van der Waals surface area contributed by atoms with Crippen molar-refractivity contribution in [3.63, 3.8) is 0 Å². The van der Waals surface area contributed by atoms with Crippen LogP contribution in [0.25, 0.3) is 6.08 Å². The van der Waals surface area contributed by atoms with E-state index in [1.807, 2.05) is 66.7 Å². The standard InChI is InChI=1S/C44H39N3O6S/c1-4-7-19-36(6-3)47-42(50)37(27-31-22-25-38(35(26-31)14-5-2)53-28-30-20-23-34(24-21-30)43(51)52)41(49)46-44(47)54-29-39(48)45-40(32-15-10-8-11-16-32)33-17-12-9-13-18-33/h4-13,15-27,40H,1-2,14,28-29H2,3H3,(H,45,48)(H,51,52)/b19-7-,36-6+,37-27+. The van der Waals surface area contributed by atoms with E-state index < -0.39 is 23.8 Å². The van der Waals surface area contributed by atoms with Gasteiger partial charge in [0.1, 0.15) is 17.9 Å². The Kier molecular flexibility index (Phi) is 13.5. The van der Waals surface area contributed by atoms with Crippen LogP contribution in [0.2, 0.25) is 0 Å². The third kappa shape index (κ3) is 9.87. The van der Waals surface area contributed by atoms with Gasteiger partial charge in [-0.05, 0) is 77.6 Å². The van der Waals surface area contributed by atoms with Crippen LogP contribution in [0.4, 0.5) is 0 Å². The maximum absolute atomic E-state index is 14.2. The highest BCUT2D eigenvalue weighted by Crippen LogP contribution is 2.29. The van der Waals surface area contributed by atoms with E-state index in [4.69, 9.17) is 4.74 Å². The molecule has 4 aromatic rings. The average Bonchev–Trinajstić information content (AvgIpc) is 3.19. The van der Waals surface area contributed by atoms with Crippen LogP contribution < -0.4 is 10.1 Å². The number of thioether (sulfide) groups is 1. The second-order valence-corrected chi connectivity index (χ2v) is 12.9. The summed E-state index contributed by atoms with van der Waals surface area (Å²) < 4.78 is 6.06. The summed E-state index contributed by atoms with van der Waals surface area (Å²) in [5.41, 5.74) is 4.43. The molecule has 0 saturated carbocycles. The molecule has 0 atom stereocenters. The number of aromatic carboxylic acids is 1. The number of nitrogens with one attached hydrogen (secondary N) is 1. The number of rotatable bonds is 15. The number of carbonyl (C=O) groups is 4. The highest BCUT2D eigenvalue weighted by atomic mass is 32.2. The Labute approximate surface area is 318 Å². The molecule has 0 aromatic heterocycles. The first-order chi connectivity index (χ1) is 26.2. The van der Waals surface area contributed by atoms with Crippen LogP contribution in [-0.4, -0.2) is 44.6 Å². The Bertz CT molecular complexity index is 2120. The minimum atomic E-state index is -1.01. The first kappa shape index (κ1) is 38.7. The van der Waals surface area contributed by atoms with Crippen molar-refractivity contribution in [3.05, 3.63) is 191 Å². The van der Waals surface area contributed by atoms with Gasteiger partial charge in [0.05, 0.1) is 17.4 Å². The van der Waals surface area contributed by atoms with Gasteiger partial charge in [-0.1, -0.05) is 122 Å². The fourth-order valence-corrected chi connectivity index (χ4v) is 6.42. The van der Waals surface area contributed by atoms with Crippen molar-refractivity contribution < 1.29 is 29.0 Å². The molecular weight excluding hydrogens is 699 g/mol. The number of carboxylic acids is 1. The Hall–Kier alpha value is -6.52. The van der Waals surface area contributed by atoms with Gasteiger partial charge in [0.2, 0.25) is 5.91 Å². The van der Waals surface area contributed by atoms with Crippen molar-refractivity contribution >= 4 is 46.7 Å². The summed E-state index contributed by atoms with van der Waals surface area (Å²) in [5, 5.41) is 12.3. The first-order valence-corrected chi connectivity index (χ1v) is 18.1. The zero-order chi connectivity index (χ0) is 38.5. The Balaban J connectivity index is 1.39. The SMILES string of the molecule is C=C/C=C\C(=C/C)N1C(=O)/C(=C/c2ccc(OCc3ccc(C(=O)O)cc3)c(CC=C)c2)C(=O)N=C1SCC(=O)NC(c1ccccc1)c1ccccc1. The molecule has 9 nitrogen and oxygen atoms in total. The molecule has 54 heavy (non-hydrogen) atoms. The molecule has 10 heteroatoms. The van der Waals surface area contributed by atoms with E-state index in [1.54, 1.807) is 61.6 Å². The van der Waals surface area contributed by atoms with E-state index in [0.717, 1.165) is 34.0 Å². The van der Waals surface area contributed by atoms with Gasteiger partial charge in [-0.2, -0.15) is 4.99 Å². The molecule has 0 aliphatic carbocycles. The highest BCUT2D eigenvalue weighted by molar-refractivity contribution is 8.14. The van der Waals surface area contributed by atoms with Crippen LogP contribution in [0.15, 0.2) is 163 Å². The number of allylic oxidation sites excluding steroid dienone is 5. The van der Waals surface area contributed by atoms with E-state index in [-0.39, 0.29) is 34.6 Å². The monoisotopic (exact) mass is 737 g/mol. The lowest BCUT2D eigenvalue weighted by Gasteiger charge is -2.28. The number of amidine groups is 1. The molecule has 3 amide bonds. The van der Waals surface area contributed by atoms with E-state index in [2.05, 4.69) is 23.5 Å². The van der Waals surface area contributed by atoms with Gasteiger partial charge >= 0.3 is 5.97 Å². The van der Waals surface area contributed by atoms with Crippen molar-refractivity contribution in [2.75, 3.05) is 5.75 Å². The highest BCUT2D eigenvalue weighted by Gasteiger charge is 2.35. The largest absolute Gasteiger partial charge is 0.489 e. The zero-order valence-electron chi connectivity index (χ0n) is 29.7. The summed E-state index contributed by atoms with van der Waals surface area (Å²) >= 11 is 0.993. The number of carboxylic acid groups (broad SMARTS) is 1. The zero-order valence-corrected chi connectivity index (χ0v) is 30.5. The number of amides is 3. The second kappa shape index (κ2) is 18.8.